The first kappa shape index (κ1) is 14.2. The zero-order valence-electron chi connectivity index (χ0n) is 9.60. The van der Waals surface area contributed by atoms with E-state index in [2.05, 4.69) is 5.32 Å². The lowest BCUT2D eigenvalue weighted by Crippen LogP contribution is -2.14. The molecule has 98 valence electrons. The quantitative estimate of drug-likeness (QED) is 0.373. The van der Waals surface area contributed by atoms with Gasteiger partial charge in [-0.2, -0.15) is 0 Å². The second kappa shape index (κ2) is 7.50. The molecule has 0 saturated heterocycles. The van der Waals surface area contributed by atoms with Crippen molar-refractivity contribution in [2.24, 2.45) is 0 Å². The Morgan fingerprint density at radius 1 is 1.33 bits per heavy atom. The van der Waals surface area contributed by atoms with Crippen molar-refractivity contribution in [3.05, 3.63) is 34.4 Å². The van der Waals surface area contributed by atoms with Crippen LogP contribution in [0.1, 0.15) is 12.8 Å². The number of nitrogens with one attached hydrogen (secondary N) is 1. The van der Waals surface area contributed by atoms with Gasteiger partial charge in [-0.05, 0) is 25.0 Å². The fourth-order valence-corrected chi connectivity index (χ4v) is 1.37. The maximum atomic E-state index is 11.3. The number of non-ortho nitro benzene ring substituents is 1. The molecule has 6 nitrogen and oxygen atoms in total. The van der Waals surface area contributed by atoms with Gasteiger partial charge in [-0.25, -0.2) is 4.79 Å². The van der Waals surface area contributed by atoms with Gasteiger partial charge >= 0.3 is 6.09 Å². The Morgan fingerprint density at radius 3 is 2.56 bits per heavy atom. The van der Waals surface area contributed by atoms with Crippen molar-refractivity contribution in [1.29, 1.82) is 0 Å². The lowest BCUT2D eigenvalue weighted by Gasteiger charge is -2.06. The molecule has 7 heteroatoms. The number of nitro benzene ring substituents is 1. The first-order chi connectivity index (χ1) is 8.63. The van der Waals surface area contributed by atoms with Gasteiger partial charge < -0.3 is 4.74 Å². The molecular weight excluding hydrogens is 260 g/mol. The van der Waals surface area contributed by atoms with Gasteiger partial charge in [0.2, 0.25) is 0 Å². The van der Waals surface area contributed by atoms with Crippen LogP contribution in [-0.2, 0) is 4.74 Å². The summed E-state index contributed by atoms with van der Waals surface area (Å²) >= 11 is 5.48. The molecular formula is C11H13ClN2O4. The molecule has 0 spiro atoms. The minimum atomic E-state index is -0.585. The first-order valence-corrected chi connectivity index (χ1v) is 5.91. The Kier molecular flexibility index (Phi) is 5.93. The minimum Gasteiger partial charge on any atom is -0.449 e. The molecule has 0 radical (unpaired) electrons. The number of amides is 1. The number of ether oxygens (including phenoxy) is 1. The number of carbonyl (C=O) groups is 1. The van der Waals surface area contributed by atoms with Crippen LogP contribution >= 0.6 is 11.6 Å². The predicted molar refractivity (Wildman–Crippen MR) is 68.0 cm³/mol. The Balaban J connectivity index is 2.37. The molecule has 1 amide bonds. The number of anilines is 1. The number of benzene rings is 1. The highest BCUT2D eigenvalue weighted by molar-refractivity contribution is 6.17. The van der Waals surface area contributed by atoms with Gasteiger partial charge in [0.05, 0.1) is 11.5 Å². The van der Waals surface area contributed by atoms with Crippen molar-refractivity contribution in [2.45, 2.75) is 12.8 Å². The van der Waals surface area contributed by atoms with Crippen LogP contribution in [0, 0.1) is 10.1 Å². The molecule has 0 heterocycles. The van der Waals surface area contributed by atoms with Crippen molar-refractivity contribution in [3.8, 4) is 0 Å². The first-order valence-electron chi connectivity index (χ1n) is 5.37. The summed E-state index contributed by atoms with van der Waals surface area (Å²) in [5, 5.41) is 12.9. The molecule has 0 atom stereocenters. The molecule has 1 N–H and O–H groups in total. The molecule has 1 aromatic carbocycles. The molecule has 0 aliphatic rings. The number of halogens is 1. The summed E-state index contributed by atoms with van der Waals surface area (Å²) in [6.07, 6.45) is 0.905. The van der Waals surface area contributed by atoms with Crippen molar-refractivity contribution < 1.29 is 14.5 Å². The number of alkyl halides is 1. The number of carbonyl (C=O) groups excluding carboxylic acids is 1. The van der Waals surface area contributed by atoms with Gasteiger partial charge in [-0.1, -0.05) is 0 Å². The average Bonchev–Trinajstić information content (AvgIpc) is 2.35. The second-order valence-electron chi connectivity index (χ2n) is 3.46. The summed E-state index contributed by atoms with van der Waals surface area (Å²) in [5.41, 5.74) is 0.416. The Morgan fingerprint density at radius 2 is 2.00 bits per heavy atom. The third kappa shape index (κ3) is 5.01. The van der Waals surface area contributed by atoms with E-state index in [0.717, 1.165) is 6.42 Å². The molecule has 1 rings (SSSR count). The number of nitrogens with zero attached hydrogens (tertiary/aromatic N) is 1. The maximum absolute atomic E-state index is 11.3. The summed E-state index contributed by atoms with van der Waals surface area (Å²) in [7, 11) is 0. The van der Waals surface area contributed by atoms with E-state index in [1.165, 1.54) is 24.3 Å². The van der Waals surface area contributed by atoms with Crippen LogP contribution in [0.2, 0.25) is 0 Å². The van der Waals surface area contributed by atoms with Crippen molar-refractivity contribution in [3.63, 3.8) is 0 Å². The minimum absolute atomic E-state index is 0.0315. The molecule has 0 aliphatic carbocycles. The van der Waals surface area contributed by atoms with E-state index in [0.29, 0.717) is 24.6 Å². The molecule has 1 aromatic rings. The van der Waals surface area contributed by atoms with E-state index < -0.39 is 11.0 Å². The fourth-order valence-electron chi connectivity index (χ4n) is 1.18. The van der Waals surface area contributed by atoms with Crippen molar-refractivity contribution in [2.75, 3.05) is 17.8 Å². The van der Waals surface area contributed by atoms with E-state index in [1.54, 1.807) is 0 Å². The highest BCUT2D eigenvalue weighted by atomic mass is 35.5. The van der Waals surface area contributed by atoms with Gasteiger partial charge in [0.1, 0.15) is 0 Å². The third-order valence-electron chi connectivity index (χ3n) is 2.09. The Hall–Kier alpha value is -1.82. The Bertz CT molecular complexity index is 408. The summed E-state index contributed by atoms with van der Waals surface area (Å²) in [4.78, 5) is 21.2. The molecule has 0 fully saturated rings. The molecule has 0 unspecified atom stereocenters. The van der Waals surface area contributed by atoms with E-state index in [9.17, 15) is 14.9 Å². The molecule has 0 aliphatic heterocycles. The largest absolute Gasteiger partial charge is 0.449 e. The zero-order chi connectivity index (χ0) is 13.4. The molecule has 0 saturated carbocycles. The van der Waals surface area contributed by atoms with Crippen LogP contribution in [0.5, 0.6) is 0 Å². The van der Waals surface area contributed by atoms with Gasteiger partial charge in [0, 0.05) is 23.7 Å². The monoisotopic (exact) mass is 272 g/mol. The number of nitro groups is 1. The lowest BCUT2D eigenvalue weighted by molar-refractivity contribution is -0.384. The number of rotatable bonds is 6. The second-order valence-corrected chi connectivity index (χ2v) is 3.84. The fraction of sp³-hybridized carbons (Fsp3) is 0.364. The van der Waals surface area contributed by atoms with Crippen LogP contribution in [0.25, 0.3) is 0 Å². The summed E-state index contributed by atoms with van der Waals surface area (Å²) in [5.74, 6) is 0.535. The van der Waals surface area contributed by atoms with Crippen LogP contribution < -0.4 is 5.32 Å². The maximum Gasteiger partial charge on any atom is 0.411 e. The van der Waals surface area contributed by atoms with E-state index in [-0.39, 0.29) is 5.69 Å². The molecule has 0 bridgehead atoms. The third-order valence-corrected chi connectivity index (χ3v) is 2.35. The highest BCUT2D eigenvalue weighted by Gasteiger charge is 2.06. The smallest absolute Gasteiger partial charge is 0.411 e. The van der Waals surface area contributed by atoms with E-state index >= 15 is 0 Å². The normalized spacial score (nSPS) is 9.83. The molecule has 18 heavy (non-hydrogen) atoms. The van der Waals surface area contributed by atoms with Crippen LogP contribution in [0.3, 0.4) is 0 Å². The Labute approximate surface area is 109 Å². The van der Waals surface area contributed by atoms with Crippen molar-refractivity contribution >= 4 is 29.1 Å². The summed E-state index contributed by atoms with van der Waals surface area (Å²) in [6, 6.07) is 5.50. The number of hydrogen-bond donors (Lipinski definition) is 1. The average molecular weight is 273 g/mol. The van der Waals surface area contributed by atoms with Crippen LogP contribution in [0.15, 0.2) is 24.3 Å². The SMILES string of the molecule is O=C(Nc1ccc([N+](=O)[O-])cc1)OCCCCCl. The lowest BCUT2D eigenvalue weighted by atomic mass is 10.3. The van der Waals surface area contributed by atoms with E-state index in [1.807, 2.05) is 0 Å². The summed E-state index contributed by atoms with van der Waals surface area (Å²) < 4.78 is 4.88. The number of unbranched alkanes of at least 4 members (excludes halogenated alkanes) is 1. The van der Waals surface area contributed by atoms with Crippen LogP contribution in [-0.4, -0.2) is 23.5 Å². The standard InChI is InChI=1S/C11H13ClN2O4/c12-7-1-2-8-18-11(15)13-9-3-5-10(6-4-9)14(16)17/h3-6H,1-2,7-8H2,(H,13,15). The zero-order valence-corrected chi connectivity index (χ0v) is 10.4. The topological polar surface area (TPSA) is 81.5 Å². The van der Waals surface area contributed by atoms with E-state index in [4.69, 9.17) is 16.3 Å². The van der Waals surface area contributed by atoms with Gasteiger partial charge in [0.15, 0.2) is 0 Å². The highest BCUT2D eigenvalue weighted by Crippen LogP contribution is 2.15. The molecule has 0 aromatic heterocycles. The predicted octanol–water partition coefficient (Wildman–Crippen LogP) is 3.16. The van der Waals surface area contributed by atoms with Gasteiger partial charge in [0.25, 0.3) is 5.69 Å². The van der Waals surface area contributed by atoms with Crippen LogP contribution in [0.4, 0.5) is 16.2 Å². The summed E-state index contributed by atoms with van der Waals surface area (Å²) in [6.45, 7) is 0.297. The van der Waals surface area contributed by atoms with Gasteiger partial charge in [-0.3, -0.25) is 15.4 Å². The number of hydrogen-bond acceptors (Lipinski definition) is 4. The van der Waals surface area contributed by atoms with Crippen molar-refractivity contribution in [1.82, 2.24) is 0 Å². The van der Waals surface area contributed by atoms with Gasteiger partial charge in [-0.15, -0.1) is 11.6 Å².